The number of hydrogen-bond donors (Lipinski definition) is 2. The van der Waals surface area contributed by atoms with Crippen molar-refractivity contribution in [2.24, 2.45) is 5.73 Å². The van der Waals surface area contributed by atoms with Gasteiger partial charge in [0.25, 0.3) is 5.91 Å². The zero-order valence-corrected chi connectivity index (χ0v) is 12.2. The number of carbonyl (C=O) groups excluding carboxylic acids is 2. The van der Waals surface area contributed by atoms with E-state index in [2.05, 4.69) is 5.32 Å². The highest BCUT2D eigenvalue weighted by Crippen LogP contribution is 2.16. The predicted molar refractivity (Wildman–Crippen MR) is 80.0 cm³/mol. The van der Waals surface area contributed by atoms with Crippen molar-refractivity contribution < 1.29 is 23.1 Å². The van der Waals surface area contributed by atoms with E-state index in [-0.39, 0.29) is 5.69 Å². The molecule has 0 fully saturated rings. The highest BCUT2D eigenvalue weighted by molar-refractivity contribution is 5.94. The van der Waals surface area contributed by atoms with E-state index in [4.69, 9.17) is 10.5 Å². The molecular formula is C16H14F2N2O3. The second kappa shape index (κ2) is 6.87. The molecule has 7 heteroatoms. The minimum atomic E-state index is -1.06. The van der Waals surface area contributed by atoms with Crippen LogP contribution < -0.4 is 15.8 Å². The molecule has 0 aliphatic heterocycles. The molecule has 0 aliphatic carbocycles. The van der Waals surface area contributed by atoms with Gasteiger partial charge in [0.1, 0.15) is 5.75 Å². The number of ether oxygens (including phenoxy) is 1. The predicted octanol–water partition coefficient (Wildman–Crippen LogP) is 2.47. The van der Waals surface area contributed by atoms with Crippen LogP contribution in [0.5, 0.6) is 5.75 Å². The lowest BCUT2D eigenvalue weighted by Crippen LogP contribution is -2.30. The molecule has 0 unspecified atom stereocenters. The Labute approximate surface area is 131 Å². The molecule has 2 amide bonds. The SMILES string of the molecule is C[C@H](Oc1ccc(C(N)=O)cc1)C(=O)Nc1ccc(F)c(F)c1. The summed E-state index contributed by atoms with van der Waals surface area (Å²) in [6, 6.07) is 8.98. The maximum absolute atomic E-state index is 13.1. The van der Waals surface area contributed by atoms with Gasteiger partial charge in [-0.2, -0.15) is 0 Å². The fourth-order valence-corrected chi connectivity index (χ4v) is 1.77. The zero-order chi connectivity index (χ0) is 17.0. The number of primary amides is 1. The van der Waals surface area contributed by atoms with Crippen LogP contribution in [0.3, 0.4) is 0 Å². The molecule has 0 aromatic heterocycles. The zero-order valence-electron chi connectivity index (χ0n) is 12.2. The number of benzene rings is 2. The number of halogens is 2. The molecule has 2 aromatic carbocycles. The Morgan fingerprint density at radius 2 is 1.74 bits per heavy atom. The third-order valence-corrected chi connectivity index (χ3v) is 3.01. The van der Waals surface area contributed by atoms with Crippen molar-refractivity contribution in [3.63, 3.8) is 0 Å². The Bertz CT molecular complexity index is 733. The number of anilines is 1. The highest BCUT2D eigenvalue weighted by Gasteiger charge is 2.16. The lowest BCUT2D eigenvalue weighted by Gasteiger charge is -2.15. The fraction of sp³-hybridized carbons (Fsp3) is 0.125. The Morgan fingerprint density at radius 1 is 1.09 bits per heavy atom. The second-order valence-corrected chi connectivity index (χ2v) is 4.77. The summed E-state index contributed by atoms with van der Waals surface area (Å²) in [6.45, 7) is 1.50. The molecule has 2 rings (SSSR count). The Balaban J connectivity index is 1.99. The number of nitrogens with two attached hydrogens (primary N) is 1. The van der Waals surface area contributed by atoms with E-state index >= 15 is 0 Å². The van der Waals surface area contributed by atoms with E-state index in [1.54, 1.807) is 0 Å². The Morgan fingerprint density at radius 3 is 2.30 bits per heavy atom. The van der Waals surface area contributed by atoms with Crippen LogP contribution in [0.25, 0.3) is 0 Å². The van der Waals surface area contributed by atoms with Crippen LogP contribution in [0.15, 0.2) is 42.5 Å². The summed E-state index contributed by atoms with van der Waals surface area (Å²) >= 11 is 0. The summed E-state index contributed by atoms with van der Waals surface area (Å²) in [6.07, 6.45) is -0.887. The number of rotatable bonds is 5. The van der Waals surface area contributed by atoms with Crippen LogP contribution in [-0.2, 0) is 4.79 Å². The lowest BCUT2D eigenvalue weighted by molar-refractivity contribution is -0.122. The molecule has 1 atom stereocenters. The van der Waals surface area contributed by atoms with Gasteiger partial charge in [-0.1, -0.05) is 0 Å². The maximum atomic E-state index is 13.1. The van der Waals surface area contributed by atoms with E-state index in [1.165, 1.54) is 37.3 Å². The van der Waals surface area contributed by atoms with Gasteiger partial charge in [-0.25, -0.2) is 8.78 Å². The van der Waals surface area contributed by atoms with Gasteiger partial charge in [0.2, 0.25) is 5.91 Å². The summed E-state index contributed by atoms with van der Waals surface area (Å²) in [7, 11) is 0. The summed E-state index contributed by atoms with van der Waals surface area (Å²) < 4.78 is 31.3. The molecule has 120 valence electrons. The first kappa shape index (κ1) is 16.4. The Hall–Kier alpha value is -2.96. The van der Waals surface area contributed by atoms with Crippen LogP contribution in [0.4, 0.5) is 14.5 Å². The van der Waals surface area contributed by atoms with Crippen molar-refractivity contribution in [1.29, 1.82) is 0 Å². The monoisotopic (exact) mass is 320 g/mol. The second-order valence-electron chi connectivity index (χ2n) is 4.77. The van der Waals surface area contributed by atoms with Gasteiger partial charge in [-0.3, -0.25) is 9.59 Å². The van der Waals surface area contributed by atoms with Crippen LogP contribution in [0, 0.1) is 11.6 Å². The molecule has 0 heterocycles. The highest BCUT2D eigenvalue weighted by atomic mass is 19.2. The van der Waals surface area contributed by atoms with Gasteiger partial charge in [-0.05, 0) is 43.3 Å². The van der Waals surface area contributed by atoms with Crippen molar-refractivity contribution in [3.8, 4) is 5.75 Å². The van der Waals surface area contributed by atoms with Gasteiger partial charge in [0.05, 0.1) is 0 Å². The van der Waals surface area contributed by atoms with Crippen molar-refractivity contribution in [2.45, 2.75) is 13.0 Å². The van der Waals surface area contributed by atoms with Gasteiger partial charge in [0.15, 0.2) is 17.7 Å². The smallest absolute Gasteiger partial charge is 0.265 e. The lowest BCUT2D eigenvalue weighted by atomic mass is 10.2. The molecule has 2 aromatic rings. The molecular weight excluding hydrogens is 306 g/mol. The topological polar surface area (TPSA) is 81.4 Å². The summed E-state index contributed by atoms with van der Waals surface area (Å²) in [4.78, 5) is 22.9. The van der Waals surface area contributed by atoms with E-state index in [1.807, 2.05) is 0 Å². The molecule has 0 spiro atoms. The van der Waals surface area contributed by atoms with Crippen LogP contribution in [-0.4, -0.2) is 17.9 Å². The largest absolute Gasteiger partial charge is 0.481 e. The molecule has 0 aliphatic rings. The molecule has 5 nitrogen and oxygen atoms in total. The minimum absolute atomic E-state index is 0.119. The van der Waals surface area contributed by atoms with Crippen molar-refractivity contribution in [3.05, 3.63) is 59.7 Å². The quantitative estimate of drug-likeness (QED) is 0.888. The summed E-state index contributed by atoms with van der Waals surface area (Å²) in [5.41, 5.74) is 5.56. The van der Waals surface area contributed by atoms with E-state index in [0.29, 0.717) is 11.3 Å². The normalized spacial score (nSPS) is 11.6. The van der Waals surface area contributed by atoms with E-state index in [0.717, 1.165) is 12.1 Å². The molecule has 23 heavy (non-hydrogen) atoms. The van der Waals surface area contributed by atoms with E-state index in [9.17, 15) is 18.4 Å². The summed E-state index contributed by atoms with van der Waals surface area (Å²) in [5.74, 6) is -2.79. The first-order valence-electron chi connectivity index (χ1n) is 6.69. The Kier molecular flexibility index (Phi) is 4.90. The van der Waals surface area contributed by atoms with Crippen molar-refractivity contribution >= 4 is 17.5 Å². The summed E-state index contributed by atoms with van der Waals surface area (Å²) in [5, 5.41) is 2.41. The van der Waals surface area contributed by atoms with E-state index < -0.39 is 29.6 Å². The van der Waals surface area contributed by atoms with Gasteiger partial charge < -0.3 is 15.8 Å². The first-order chi connectivity index (χ1) is 10.9. The molecule has 3 N–H and O–H groups in total. The van der Waals surface area contributed by atoms with Crippen LogP contribution in [0.2, 0.25) is 0 Å². The van der Waals surface area contributed by atoms with Gasteiger partial charge in [0, 0.05) is 17.3 Å². The molecule has 0 radical (unpaired) electrons. The average molecular weight is 320 g/mol. The minimum Gasteiger partial charge on any atom is -0.481 e. The standard InChI is InChI=1S/C16H14F2N2O3/c1-9(23-12-5-2-10(3-6-12)15(19)21)16(22)20-11-4-7-13(17)14(18)8-11/h2-9H,1H3,(H2,19,21)(H,20,22)/t9-/m0/s1. The van der Waals surface area contributed by atoms with Crippen molar-refractivity contribution in [1.82, 2.24) is 0 Å². The third kappa shape index (κ3) is 4.26. The van der Waals surface area contributed by atoms with Gasteiger partial charge >= 0.3 is 0 Å². The van der Waals surface area contributed by atoms with Crippen molar-refractivity contribution in [2.75, 3.05) is 5.32 Å². The fourth-order valence-electron chi connectivity index (χ4n) is 1.77. The average Bonchev–Trinajstić information content (AvgIpc) is 2.51. The van der Waals surface area contributed by atoms with Crippen LogP contribution in [0.1, 0.15) is 17.3 Å². The molecule has 0 saturated carbocycles. The molecule has 0 bridgehead atoms. The maximum Gasteiger partial charge on any atom is 0.265 e. The third-order valence-electron chi connectivity index (χ3n) is 3.01. The number of nitrogens with one attached hydrogen (secondary N) is 1. The number of amides is 2. The van der Waals surface area contributed by atoms with Gasteiger partial charge in [-0.15, -0.1) is 0 Å². The number of carbonyl (C=O) groups is 2. The van der Waals surface area contributed by atoms with Crippen LogP contribution >= 0.6 is 0 Å². The first-order valence-corrected chi connectivity index (χ1v) is 6.69. The number of hydrogen-bond acceptors (Lipinski definition) is 3. The molecule has 0 saturated heterocycles.